The van der Waals surface area contributed by atoms with Gasteiger partial charge in [-0.25, -0.2) is 19.0 Å². The summed E-state index contributed by atoms with van der Waals surface area (Å²) in [5, 5.41) is 7.92. The zero-order valence-electron chi connectivity index (χ0n) is 18.9. The molecular weight excluding hydrogens is 461 g/mol. The molecule has 34 heavy (non-hydrogen) atoms. The third-order valence-electron chi connectivity index (χ3n) is 5.26. The Labute approximate surface area is 200 Å². The van der Waals surface area contributed by atoms with Gasteiger partial charge in [0.15, 0.2) is 5.82 Å². The number of nitrogens with zero attached hydrogens (tertiary/aromatic N) is 4. The van der Waals surface area contributed by atoms with Crippen molar-refractivity contribution in [3.05, 3.63) is 70.4 Å². The Bertz CT molecular complexity index is 1360. The van der Waals surface area contributed by atoms with Gasteiger partial charge >= 0.3 is 0 Å². The van der Waals surface area contributed by atoms with E-state index in [-0.39, 0.29) is 30.7 Å². The van der Waals surface area contributed by atoms with Crippen LogP contribution in [0, 0.1) is 12.7 Å². The molecule has 0 aliphatic rings. The first-order valence-corrected chi connectivity index (χ1v) is 10.8. The molecule has 0 atom stereocenters. The molecule has 0 aliphatic heterocycles. The van der Waals surface area contributed by atoms with E-state index >= 15 is 0 Å². The maximum absolute atomic E-state index is 14.0. The smallest absolute Gasteiger partial charge is 0.246 e. The second-order valence-electron chi connectivity index (χ2n) is 7.69. The standard InChI is InChI=1S/C24H23ClFN5O3/c1-14-7-18(24-28-13-29-31(24)2)17-5-4-6-21(23(17)30-14)34-11-19-15(8-16(26)9-20(19)25)10-27-22(32)12-33-3/h4-9,13H,10-12H2,1-3H3,(H,27,32). The van der Waals surface area contributed by atoms with E-state index in [1.165, 1.54) is 25.6 Å². The van der Waals surface area contributed by atoms with Gasteiger partial charge in [-0.3, -0.25) is 4.79 Å². The van der Waals surface area contributed by atoms with Crippen molar-refractivity contribution in [3.8, 4) is 17.1 Å². The number of carbonyl (C=O) groups is 1. The first-order chi connectivity index (χ1) is 16.4. The number of nitrogens with one attached hydrogen (secondary N) is 1. The average molecular weight is 484 g/mol. The number of halogens is 2. The van der Waals surface area contributed by atoms with Crippen LogP contribution in [-0.4, -0.2) is 39.4 Å². The molecule has 0 spiro atoms. The van der Waals surface area contributed by atoms with Gasteiger partial charge in [-0.1, -0.05) is 23.7 Å². The fraction of sp³-hybridized carbons (Fsp3) is 0.250. The van der Waals surface area contributed by atoms with Crippen LogP contribution in [0.5, 0.6) is 5.75 Å². The van der Waals surface area contributed by atoms with Crippen LogP contribution < -0.4 is 10.1 Å². The average Bonchev–Trinajstić information content (AvgIpc) is 3.22. The number of methoxy groups -OCH3 is 1. The highest BCUT2D eigenvalue weighted by Crippen LogP contribution is 2.33. The Morgan fingerprint density at radius 3 is 2.82 bits per heavy atom. The highest BCUT2D eigenvalue weighted by atomic mass is 35.5. The van der Waals surface area contributed by atoms with Crippen LogP contribution in [-0.2, 0) is 29.7 Å². The number of ether oxygens (including phenoxy) is 2. The second kappa shape index (κ2) is 10.1. The summed E-state index contributed by atoms with van der Waals surface area (Å²) >= 11 is 6.34. The highest BCUT2D eigenvalue weighted by molar-refractivity contribution is 6.31. The molecule has 4 aromatic rings. The van der Waals surface area contributed by atoms with Gasteiger partial charge in [-0.2, -0.15) is 5.10 Å². The minimum Gasteiger partial charge on any atom is -0.487 e. The Morgan fingerprint density at radius 1 is 1.26 bits per heavy atom. The number of rotatable bonds is 8. The molecule has 4 rings (SSSR count). The SMILES string of the molecule is COCC(=O)NCc1cc(F)cc(Cl)c1COc1cccc2c(-c3ncnn3C)cc(C)nc12. The molecule has 0 fully saturated rings. The van der Waals surface area contributed by atoms with Gasteiger partial charge in [0.1, 0.15) is 36.6 Å². The van der Waals surface area contributed by atoms with Gasteiger partial charge in [0.2, 0.25) is 5.91 Å². The molecule has 2 aromatic carbocycles. The topological polar surface area (TPSA) is 91.2 Å². The summed E-state index contributed by atoms with van der Waals surface area (Å²) < 4.78 is 26.7. The number of para-hydroxylation sites is 1. The Balaban J connectivity index is 1.66. The van der Waals surface area contributed by atoms with Crippen LogP contribution in [0.1, 0.15) is 16.8 Å². The highest BCUT2D eigenvalue weighted by Gasteiger charge is 2.16. The number of pyridine rings is 1. The van der Waals surface area contributed by atoms with Crippen LogP contribution in [0.25, 0.3) is 22.3 Å². The molecular formula is C24H23ClFN5O3. The number of hydrogen-bond donors (Lipinski definition) is 1. The van der Waals surface area contributed by atoms with Crippen LogP contribution >= 0.6 is 11.6 Å². The lowest BCUT2D eigenvalue weighted by atomic mass is 10.1. The zero-order chi connectivity index (χ0) is 24.2. The molecule has 0 unspecified atom stereocenters. The van der Waals surface area contributed by atoms with Crippen LogP contribution in [0.4, 0.5) is 4.39 Å². The summed E-state index contributed by atoms with van der Waals surface area (Å²) in [5.41, 5.74) is 3.42. The predicted octanol–water partition coefficient (Wildman–Crippen LogP) is 3.97. The summed E-state index contributed by atoms with van der Waals surface area (Å²) in [6.45, 7) is 1.95. The van der Waals surface area contributed by atoms with Crippen molar-refractivity contribution in [2.45, 2.75) is 20.1 Å². The fourth-order valence-corrected chi connectivity index (χ4v) is 3.97. The maximum atomic E-state index is 14.0. The molecule has 2 aromatic heterocycles. The zero-order valence-corrected chi connectivity index (χ0v) is 19.7. The van der Waals surface area contributed by atoms with Gasteiger partial charge in [-0.15, -0.1) is 0 Å². The minimum absolute atomic E-state index is 0.0582. The summed E-state index contributed by atoms with van der Waals surface area (Å²) in [6, 6.07) is 10.1. The monoisotopic (exact) mass is 483 g/mol. The normalized spacial score (nSPS) is 11.1. The van der Waals surface area contributed by atoms with Crippen molar-refractivity contribution in [1.29, 1.82) is 0 Å². The molecule has 0 aliphatic carbocycles. The molecule has 0 saturated carbocycles. The maximum Gasteiger partial charge on any atom is 0.246 e. The molecule has 1 amide bonds. The summed E-state index contributed by atoms with van der Waals surface area (Å²) in [5.74, 6) is 0.433. The van der Waals surface area contributed by atoms with Crippen molar-refractivity contribution in [3.63, 3.8) is 0 Å². The van der Waals surface area contributed by atoms with Gasteiger partial charge in [-0.05, 0) is 36.8 Å². The van der Waals surface area contributed by atoms with E-state index in [0.717, 1.165) is 16.6 Å². The van der Waals surface area contributed by atoms with E-state index < -0.39 is 5.82 Å². The summed E-state index contributed by atoms with van der Waals surface area (Å²) in [7, 11) is 3.25. The number of hydrogen-bond acceptors (Lipinski definition) is 6. The first kappa shape index (κ1) is 23.6. The van der Waals surface area contributed by atoms with Crippen LogP contribution in [0.15, 0.2) is 42.7 Å². The third kappa shape index (κ3) is 5.00. The molecule has 176 valence electrons. The number of amides is 1. The predicted molar refractivity (Wildman–Crippen MR) is 126 cm³/mol. The molecule has 2 heterocycles. The van der Waals surface area contributed by atoms with Gasteiger partial charge in [0.25, 0.3) is 0 Å². The fourth-order valence-electron chi connectivity index (χ4n) is 3.69. The number of benzene rings is 2. The van der Waals surface area contributed by atoms with E-state index in [4.69, 9.17) is 21.1 Å². The van der Waals surface area contributed by atoms with Crippen molar-refractivity contribution in [2.75, 3.05) is 13.7 Å². The van der Waals surface area contributed by atoms with Crippen LogP contribution in [0.2, 0.25) is 5.02 Å². The van der Waals surface area contributed by atoms with Crippen molar-refractivity contribution >= 4 is 28.4 Å². The van der Waals surface area contributed by atoms with Crippen molar-refractivity contribution in [2.24, 2.45) is 7.05 Å². The largest absolute Gasteiger partial charge is 0.487 e. The summed E-state index contributed by atoms with van der Waals surface area (Å²) in [6.07, 6.45) is 1.50. The van der Waals surface area contributed by atoms with Gasteiger partial charge in [0, 0.05) is 42.9 Å². The Morgan fingerprint density at radius 2 is 2.09 bits per heavy atom. The van der Waals surface area contributed by atoms with Gasteiger partial charge < -0.3 is 14.8 Å². The van der Waals surface area contributed by atoms with E-state index in [1.807, 2.05) is 38.2 Å². The van der Waals surface area contributed by atoms with E-state index in [9.17, 15) is 9.18 Å². The molecule has 10 heteroatoms. The molecule has 8 nitrogen and oxygen atoms in total. The lowest BCUT2D eigenvalue weighted by Gasteiger charge is -2.16. The first-order valence-electron chi connectivity index (χ1n) is 10.5. The summed E-state index contributed by atoms with van der Waals surface area (Å²) in [4.78, 5) is 20.8. The molecule has 1 N–H and O–H groups in total. The lowest BCUT2D eigenvalue weighted by Crippen LogP contribution is -2.27. The number of aromatic nitrogens is 4. The van der Waals surface area contributed by atoms with Crippen molar-refractivity contribution in [1.82, 2.24) is 25.1 Å². The molecule has 0 bridgehead atoms. The number of fused-ring (bicyclic) bond motifs is 1. The molecule has 0 saturated heterocycles. The minimum atomic E-state index is -0.500. The van der Waals surface area contributed by atoms with E-state index in [1.54, 1.807) is 4.68 Å². The third-order valence-corrected chi connectivity index (χ3v) is 5.60. The van der Waals surface area contributed by atoms with E-state index in [2.05, 4.69) is 20.4 Å². The quantitative estimate of drug-likeness (QED) is 0.408. The van der Waals surface area contributed by atoms with Crippen molar-refractivity contribution < 1.29 is 18.7 Å². The lowest BCUT2D eigenvalue weighted by molar-refractivity contribution is -0.124. The Hall–Kier alpha value is -3.56. The van der Waals surface area contributed by atoms with Crippen LogP contribution in [0.3, 0.4) is 0 Å². The molecule has 0 radical (unpaired) electrons. The second-order valence-corrected chi connectivity index (χ2v) is 8.10. The number of aryl methyl sites for hydroxylation is 2. The Kier molecular flexibility index (Phi) is 7.04. The van der Waals surface area contributed by atoms with Gasteiger partial charge in [0.05, 0.1) is 5.02 Å². The van der Waals surface area contributed by atoms with E-state index in [0.29, 0.717) is 28.2 Å². The number of carbonyl (C=O) groups excluding carboxylic acids is 1.